The molecule has 188 valence electrons. The van der Waals surface area contributed by atoms with Crippen molar-refractivity contribution in [2.75, 3.05) is 6.61 Å². The van der Waals surface area contributed by atoms with Crippen molar-refractivity contribution in [3.05, 3.63) is 65.7 Å². The molecule has 0 saturated carbocycles. The van der Waals surface area contributed by atoms with Crippen molar-refractivity contribution in [2.24, 2.45) is 5.73 Å². The van der Waals surface area contributed by atoms with E-state index in [1.54, 1.807) is 12.5 Å². The van der Waals surface area contributed by atoms with Crippen molar-refractivity contribution < 1.29 is 14.0 Å². The van der Waals surface area contributed by atoms with Crippen LogP contribution in [0.2, 0.25) is 23.2 Å². The van der Waals surface area contributed by atoms with Crippen LogP contribution >= 0.6 is 11.6 Å². The molecule has 0 bridgehead atoms. The van der Waals surface area contributed by atoms with Crippen molar-refractivity contribution in [2.45, 2.75) is 64.4 Å². The van der Waals surface area contributed by atoms with E-state index in [4.69, 9.17) is 26.5 Å². The van der Waals surface area contributed by atoms with Crippen molar-refractivity contribution in [3.8, 4) is 17.1 Å². The molecule has 2 atom stereocenters. The SMILES string of the molecule is C[C@H](O[Si](C)(C)C(C)(C)C)[C@@H](CCOc1cccc(-c2ccc(Cl)cc2)n1)n1cnc(C(N)=O)c1. The van der Waals surface area contributed by atoms with E-state index < -0.39 is 14.2 Å². The zero-order valence-corrected chi connectivity index (χ0v) is 23.0. The summed E-state index contributed by atoms with van der Waals surface area (Å²) >= 11 is 6.00. The van der Waals surface area contributed by atoms with Gasteiger partial charge in [-0.25, -0.2) is 9.97 Å². The average Bonchev–Trinajstić information content (AvgIpc) is 3.26. The highest BCUT2D eigenvalue weighted by molar-refractivity contribution is 6.74. The highest BCUT2D eigenvalue weighted by Gasteiger charge is 2.40. The highest BCUT2D eigenvalue weighted by Crippen LogP contribution is 2.39. The summed E-state index contributed by atoms with van der Waals surface area (Å²) in [5.41, 5.74) is 7.43. The molecule has 0 aliphatic heterocycles. The molecule has 7 nitrogen and oxygen atoms in total. The van der Waals surface area contributed by atoms with E-state index in [0.29, 0.717) is 23.9 Å². The predicted molar refractivity (Wildman–Crippen MR) is 142 cm³/mol. The summed E-state index contributed by atoms with van der Waals surface area (Å²) < 4.78 is 14.6. The van der Waals surface area contributed by atoms with Crippen molar-refractivity contribution in [1.29, 1.82) is 0 Å². The van der Waals surface area contributed by atoms with Gasteiger partial charge in [-0.1, -0.05) is 50.6 Å². The summed E-state index contributed by atoms with van der Waals surface area (Å²) in [5.74, 6) is -0.0162. The smallest absolute Gasteiger partial charge is 0.268 e. The number of amides is 1. The Balaban J connectivity index is 1.75. The first kappa shape index (κ1) is 26.9. The lowest BCUT2D eigenvalue weighted by Gasteiger charge is -2.40. The van der Waals surface area contributed by atoms with Crippen LogP contribution in [0.1, 0.15) is 50.6 Å². The molecule has 2 heterocycles. The molecule has 35 heavy (non-hydrogen) atoms. The van der Waals surface area contributed by atoms with Gasteiger partial charge < -0.3 is 19.5 Å². The first-order chi connectivity index (χ1) is 16.4. The number of aromatic nitrogens is 3. The summed E-state index contributed by atoms with van der Waals surface area (Å²) in [6.45, 7) is 13.6. The maximum atomic E-state index is 11.6. The minimum Gasteiger partial charge on any atom is -0.478 e. The van der Waals surface area contributed by atoms with Crippen LogP contribution in [0.3, 0.4) is 0 Å². The lowest BCUT2D eigenvalue weighted by Crippen LogP contribution is -2.45. The standard InChI is InChI=1S/C26H35ClN4O3Si/c1-18(34-35(5,6)26(2,3)4)23(31-16-22(25(28)32)29-17-31)14-15-33-24-9-7-8-21(30-24)19-10-12-20(27)13-11-19/h7-13,16-18,23H,14-15H2,1-6H3,(H2,28,32)/t18-,23+/m0/s1. The molecule has 2 N–H and O–H groups in total. The number of carbonyl (C=O) groups is 1. The lowest BCUT2D eigenvalue weighted by molar-refractivity contribution is 0.0994. The maximum Gasteiger partial charge on any atom is 0.268 e. The van der Waals surface area contributed by atoms with Crippen LogP contribution in [0.5, 0.6) is 5.88 Å². The monoisotopic (exact) mass is 514 g/mol. The Labute approximate surface area is 213 Å². The summed E-state index contributed by atoms with van der Waals surface area (Å²) in [6, 6.07) is 13.1. The molecule has 3 rings (SSSR count). The van der Waals surface area contributed by atoms with E-state index in [2.05, 4.69) is 50.8 Å². The summed E-state index contributed by atoms with van der Waals surface area (Å²) in [6.07, 6.45) is 3.83. The molecule has 0 fully saturated rings. The minimum atomic E-state index is -2.02. The van der Waals surface area contributed by atoms with Crippen LogP contribution in [0.15, 0.2) is 55.0 Å². The highest BCUT2D eigenvalue weighted by atomic mass is 35.5. The largest absolute Gasteiger partial charge is 0.478 e. The van der Waals surface area contributed by atoms with E-state index >= 15 is 0 Å². The number of hydrogen-bond acceptors (Lipinski definition) is 5. The maximum absolute atomic E-state index is 11.6. The average molecular weight is 515 g/mol. The number of benzene rings is 1. The van der Waals surface area contributed by atoms with E-state index in [0.717, 1.165) is 11.3 Å². The first-order valence-electron chi connectivity index (χ1n) is 11.7. The van der Waals surface area contributed by atoms with Crippen molar-refractivity contribution in [3.63, 3.8) is 0 Å². The molecule has 0 unspecified atom stereocenters. The molecule has 9 heteroatoms. The molecular formula is C26H35ClN4O3Si. The second-order valence-electron chi connectivity index (χ2n) is 10.2. The predicted octanol–water partition coefficient (Wildman–Crippen LogP) is 6.12. The van der Waals surface area contributed by atoms with Crippen molar-refractivity contribution >= 4 is 25.8 Å². The fraction of sp³-hybridized carbons (Fsp3) is 0.423. The zero-order valence-electron chi connectivity index (χ0n) is 21.3. The van der Waals surface area contributed by atoms with Crippen LogP contribution in [-0.2, 0) is 4.43 Å². The molecule has 3 aromatic rings. The Morgan fingerprint density at radius 2 is 1.86 bits per heavy atom. The van der Waals surface area contributed by atoms with E-state index in [1.165, 1.54) is 0 Å². The third-order valence-corrected chi connectivity index (χ3v) is 11.4. The Morgan fingerprint density at radius 1 is 1.17 bits per heavy atom. The van der Waals surface area contributed by atoms with Gasteiger partial charge >= 0.3 is 0 Å². The number of imidazole rings is 1. The van der Waals surface area contributed by atoms with Gasteiger partial charge in [-0.3, -0.25) is 4.79 Å². The number of primary amides is 1. The lowest BCUT2D eigenvalue weighted by atomic mass is 10.1. The van der Waals surface area contributed by atoms with Crippen LogP contribution in [0.4, 0.5) is 0 Å². The van der Waals surface area contributed by atoms with Crippen LogP contribution in [0, 0.1) is 0 Å². The van der Waals surface area contributed by atoms with Gasteiger partial charge in [0.1, 0.15) is 5.69 Å². The van der Waals surface area contributed by atoms with Gasteiger partial charge in [-0.05, 0) is 43.3 Å². The van der Waals surface area contributed by atoms with Crippen molar-refractivity contribution in [1.82, 2.24) is 14.5 Å². The molecular weight excluding hydrogens is 480 g/mol. The van der Waals surface area contributed by atoms with E-state index in [-0.39, 0.29) is 22.9 Å². The number of nitrogens with two attached hydrogens (primary N) is 1. The molecule has 1 amide bonds. The molecule has 0 radical (unpaired) electrons. The Hall–Kier alpha value is -2.68. The molecule has 0 aliphatic carbocycles. The fourth-order valence-corrected chi connectivity index (χ4v) is 5.12. The summed E-state index contributed by atoms with van der Waals surface area (Å²) in [5, 5.41) is 0.752. The van der Waals surface area contributed by atoms with Gasteiger partial charge in [-0.15, -0.1) is 0 Å². The Kier molecular flexibility index (Phi) is 8.40. The normalized spacial score (nSPS) is 13.9. The van der Waals surface area contributed by atoms with Crippen LogP contribution in [-0.4, -0.2) is 41.5 Å². The van der Waals surface area contributed by atoms with Crippen LogP contribution < -0.4 is 10.5 Å². The molecule has 1 aromatic carbocycles. The van der Waals surface area contributed by atoms with E-state index in [1.807, 2.05) is 47.0 Å². The Bertz CT molecular complexity index is 1140. The van der Waals surface area contributed by atoms with Gasteiger partial charge in [0.15, 0.2) is 8.32 Å². The second kappa shape index (κ2) is 10.9. The van der Waals surface area contributed by atoms with Crippen LogP contribution in [0.25, 0.3) is 11.3 Å². The topological polar surface area (TPSA) is 92.3 Å². The third kappa shape index (κ3) is 6.93. The molecule has 0 spiro atoms. The number of halogens is 1. The number of nitrogens with zero attached hydrogens (tertiary/aromatic N) is 3. The molecule has 0 aliphatic rings. The van der Waals surface area contributed by atoms with Gasteiger partial charge in [-0.2, -0.15) is 0 Å². The fourth-order valence-electron chi connectivity index (χ4n) is 3.55. The third-order valence-electron chi connectivity index (χ3n) is 6.59. The summed E-state index contributed by atoms with van der Waals surface area (Å²) in [7, 11) is -2.02. The number of rotatable bonds is 10. The number of carbonyl (C=O) groups excluding carboxylic acids is 1. The summed E-state index contributed by atoms with van der Waals surface area (Å²) in [4.78, 5) is 20.4. The number of ether oxygens (including phenoxy) is 1. The molecule has 0 saturated heterocycles. The number of pyridine rings is 1. The molecule has 2 aromatic heterocycles. The van der Waals surface area contributed by atoms with E-state index in [9.17, 15) is 4.79 Å². The number of hydrogen-bond donors (Lipinski definition) is 1. The van der Waals surface area contributed by atoms with Gasteiger partial charge in [0, 0.05) is 29.3 Å². The second-order valence-corrected chi connectivity index (χ2v) is 15.4. The minimum absolute atomic E-state index is 0.0711. The quantitative estimate of drug-likeness (QED) is 0.329. The van der Waals surface area contributed by atoms with Gasteiger partial charge in [0.2, 0.25) is 5.88 Å². The Morgan fingerprint density at radius 3 is 2.46 bits per heavy atom. The first-order valence-corrected chi connectivity index (χ1v) is 15.0. The van der Waals surface area contributed by atoms with Gasteiger partial charge in [0.25, 0.3) is 5.91 Å². The zero-order chi connectivity index (χ0) is 25.8. The van der Waals surface area contributed by atoms with Gasteiger partial charge in [0.05, 0.1) is 30.8 Å².